The van der Waals surface area contributed by atoms with E-state index in [9.17, 15) is 26.4 Å². The lowest BCUT2D eigenvalue weighted by molar-refractivity contribution is -0.142. The van der Waals surface area contributed by atoms with Crippen molar-refractivity contribution in [2.45, 2.75) is 36.4 Å². The average Bonchev–Trinajstić information content (AvgIpc) is 2.78. The summed E-state index contributed by atoms with van der Waals surface area (Å²) in [5.41, 5.74) is -1.68. The van der Waals surface area contributed by atoms with E-state index in [1.165, 1.54) is 24.3 Å². The molecule has 2 aliphatic heterocycles. The van der Waals surface area contributed by atoms with Gasteiger partial charge in [0.1, 0.15) is 6.61 Å². The topological polar surface area (TPSA) is 84.9 Å². The quantitative estimate of drug-likeness (QED) is 0.737. The summed E-state index contributed by atoms with van der Waals surface area (Å²) in [5.74, 6) is 0.110. The number of sulfonamides is 1. The Bertz CT molecular complexity index is 1110. The summed E-state index contributed by atoms with van der Waals surface area (Å²) in [6, 6.07) is 7.98. The summed E-state index contributed by atoms with van der Waals surface area (Å²) in [7, 11) is -4.34. The molecular formula is C21H21F3N2O5S. The van der Waals surface area contributed by atoms with Crippen molar-refractivity contribution in [1.82, 2.24) is 4.90 Å². The maximum absolute atomic E-state index is 13.2. The number of para-hydroxylation sites is 1. The number of nitrogens with zero attached hydrogens (tertiary/aromatic N) is 1. The molecule has 1 unspecified atom stereocenters. The number of rotatable bonds is 4. The van der Waals surface area contributed by atoms with Crippen LogP contribution in [0.3, 0.4) is 0 Å². The van der Waals surface area contributed by atoms with E-state index in [-0.39, 0.29) is 28.9 Å². The molecule has 2 aromatic carbocycles. The summed E-state index contributed by atoms with van der Waals surface area (Å²) in [5, 5.41) is 0. The van der Waals surface area contributed by atoms with Gasteiger partial charge >= 0.3 is 6.18 Å². The maximum atomic E-state index is 13.2. The van der Waals surface area contributed by atoms with Crippen LogP contribution in [0.4, 0.5) is 18.9 Å². The predicted molar refractivity (Wildman–Crippen MR) is 109 cm³/mol. The number of carbonyl (C=O) groups is 1. The zero-order chi connectivity index (χ0) is 22.9. The molecule has 0 bridgehead atoms. The third kappa shape index (κ3) is 4.62. The van der Waals surface area contributed by atoms with Gasteiger partial charge in [0.05, 0.1) is 16.1 Å². The summed E-state index contributed by atoms with van der Waals surface area (Å²) in [4.78, 5) is 14.1. The van der Waals surface area contributed by atoms with Gasteiger partial charge in [0, 0.05) is 19.2 Å². The molecule has 2 aromatic rings. The first-order valence-corrected chi connectivity index (χ1v) is 11.5. The molecule has 0 aliphatic carbocycles. The van der Waals surface area contributed by atoms with Crippen LogP contribution in [0, 0.1) is 0 Å². The van der Waals surface area contributed by atoms with Crippen LogP contribution in [0.2, 0.25) is 0 Å². The van der Waals surface area contributed by atoms with Crippen LogP contribution in [0.15, 0.2) is 47.4 Å². The van der Waals surface area contributed by atoms with Gasteiger partial charge in [0.2, 0.25) is 6.10 Å². The van der Waals surface area contributed by atoms with E-state index in [0.29, 0.717) is 13.1 Å². The van der Waals surface area contributed by atoms with E-state index in [1.54, 1.807) is 4.90 Å². The number of piperidine rings is 1. The van der Waals surface area contributed by atoms with Crippen molar-refractivity contribution in [3.63, 3.8) is 0 Å². The molecule has 0 saturated carbocycles. The zero-order valence-electron chi connectivity index (χ0n) is 16.9. The first-order chi connectivity index (χ1) is 15.1. The van der Waals surface area contributed by atoms with Gasteiger partial charge in [-0.3, -0.25) is 9.52 Å². The van der Waals surface area contributed by atoms with Crippen LogP contribution >= 0.6 is 0 Å². The molecular weight excluding hydrogens is 449 g/mol. The second kappa shape index (κ2) is 8.53. The van der Waals surface area contributed by atoms with E-state index in [1.807, 2.05) is 4.72 Å². The lowest BCUT2D eigenvalue weighted by Gasteiger charge is -2.32. The van der Waals surface area contributed by atoms with Crippen molar-refractivity contribution >= 4 is 21.6 Å². The Balaban J connectivity index is 1.52. The molecule has 32 heavy (non-hydrogen) atoms. The third-order valence-electron chi connectivity index (χ3n) is 5.30. The molecule has 2 aliphatic rings. The highest BCUT2D eigenvalue weighted by Crippen LogP contribution is 2.37. The fourth-order valence-corrected chi connectivity index (χ4v) is 4.78. The number of alkyl halides is 3. The van der Waals surface area contributed by atoms with Gasteiger partial charge in [-0.15, -0.1) is 0 Å². The van der Waals surface area contributed by atoms with Crippen LogP contribution in [-0.4, -0.2) is 45.0 Å². The van der Waals surface area contributed by atoms with E-state index in [2.05, 4.69) is 0 Å². The number of hydrogen-bond acceptors (Lipinski definition) is 5. The monoisotopic (exact) mass is 470 g/mol. The highest BCUT2D eigenvalue weighted by Gasteiger charge is 2.35. The highest BCUT2D eigenvalue weighted by atomic mass is 32.2. The normalized spacial score (nSPS) is 18.8. The maximum Gasteiger partial charge on any atom is 0.418 e. The van der Waals surface area contributed by atoms with Crippen molar-refractivity contribution in [3.8, 4) is 11.5 Å². The van der Waals surface area contributed by atoms with Crippen molar-refractivity contribution in [1.29, 1.82) is 0 Å². The molecule has 1 amide bonds. The number of benzene rings is 2. The second-order valence-electron chi connectivity index (χ2n) is 7.56. The first-order valence-electron chi connectivity index (χ1n) is 10.1. The van der Waals surface area contributed by atoms with E-state index in [0.717, 1.165) is 37.5 Å². The summed E-state index contributed by atoms with van der Waals surface area (Å²) in [6.07, 6.45) is -2.61. The van der Waals surface area contributed by atoms with Gasteiger partial charge in [0.25, 0.3) is 15.9 Å². The van der Waals surface area contributed by atoms with Crippen molar-refractivity contribution in [3.05, 3.63) is 48.0 Å². The summed E-state index contributed by atoms with van der Waals surface area (Å²) in [6.45, 7) is 1.23. The number of likely N-dealkylation sites (tertiary alicyclic amines) is 1. The molecule has 11 heteroatoms. The van der Waals surface area contributed by atoms with Crippen molar-refractivity contribution < 1.29 is 35.9 Å². The Morgan fingerprint density at radius 3 is 2.47 bits per heavy atom. The summed E-state index contributed by atoms with van der Waals surface area (Å²) >= 11 is 0. The van der Waals surface area contributed by atoms with Gasteiger partial charge in [-0.2, -0.15) is 13.2 Å². The molecule has 172 valence electrons. The van der Waals surface area contributed by atoms with Crippen LogP contribution in [-0.2, 0) is 21.0 Å². The average molecular weight is 470 g/mol. The van der Waals surface area contributed by atoms with Crippen LogP contribution < -0.4 is 14.2 Å². The lowest BCUT2D eigenvalue weighted by atomic mass is 10.1. The number of amides is 1. The van der Waals surface area contributed by atoms with Crippen LogP contribution in [0.1, 0.15) is 24.8 Å². The Kier molecular flexibility index (Phi) is 5.93. The molecule has 7 nitrogen and oxygen atoms in total. The Labute approximate surface area is 183 Å². The standard InChI is InChI=1S/C21H21F3N2O5S/c22-21(23,24)15-6-2-3-7-16(15)25-32(28,29)14-8-9-17-18(12-14)30-13-19(31-17)20(27)26-10-4-1-5-11-26/h2-3,6-9,12,19,25H,1,4-5,10-11,13H2. The highest BCUT2D eigenvalue weighted by molar-refractivity contribution is 7.92. The number of fused-ring (bicyclic) bond motifs is 1. The molecule has 0 spiro atoms. The smallest absolute Gasteiger partial charge is 0.418 e. The first kappa shape index (κ1) is 22.3. The molecule has 1 saturated heterocycles. The van der Waals surface area contributed by atoms with Crippen LogP contribution in [0.5, 0.6) is 11.5 Å². The number of carbonyl (C=O) groups excluding carboxylic acids is 1. The van der Waals surface area contributed by atoms with E-state index < -0.39 is 33.6 Å². The minimum Gasteiger partial charge on any atom is -0.485 e. The Morgan fingerprint density at radius 1 is 1.03 bits per heavy atom. The third-order valence-corrected chi connectivity index (χ3v) is 6.67. The molecule has 1 atom stereocenters. The summed E-state index contributed by atoms with van der Waals surface area (Å²) < 4.78 is 78.2. The fourth-order valence-electron chi connectivity index (χ4n) is 3.68. The second-order valence-corrected chi connectivity index (χ2v) is 9.24. The van der Waals surface area contributed by atoms with Crippen molar-refractivity contribution in [2.75, 3.05) is 24.4 Å². The SMILES string of the molecule is O=C(C1COc2cc(S(=O)(=O)Nc3ccccc3C(F)(F)F)ccc2O1)N1CCCCC1. The van der Waals surface area contributed by atoms with Crippen molar-refractivity contribution in [2.24, 2.45) is 0 Å². The van der Waals surface area contributed by atoms with Gasteiger partial charge < -0.3 is 14.4 Å². The largest absolute Gasteiger partial charge is 0.485 e. The van der Waals surface area contributed by atoms with E-state index in [4.69, 9.17) is 9.47 Å². The van der Waals surface area contributed by atoms with Gasteiger partial charge in [-0.25, -0.2) is 8.42 Å². The molecule has 1 N–H and O–H groups in total. The Morgan fingerprint density at radius 2 is 1.75 bits per heavy atom. The number of ether oxygens (including phenoxy) is 2. The van der Waals surface area contributed by atoms with Gasteiger partial charge in [-0.1, -0.05) is 12.1 Å². The number of anilines is 1. The molecule has 0 radical (unpaired) electrons. The molecule has 4 rings (SSSR count). The molecule has 2 heterocycles. The predicted octanol–water partition coefficient (Wildman–Crippen LogP) is 3.66. The van der Waals surface area contributed by atoms with E-state index >= 15 is 0 Å². The minimum absolute atomic E-state index is 0.0871. The number of nitrogens with one attached hydrogen (secondary N) is 1. The lowest BCUT2D eigenvalue weighted by Crippen LogP contribution is -2.48. The van der Waals surface area contributed by atoms with Gasteiger partial charge in [-0.05, 0) is 43.5 Å². The van der Waals surface area contributed by atoms with Gasteiger partial charge in [0.15, 0.2) is 11.5 Å². The number of halogens is 3. The molecule has 0 aromatic heterocycles. The fraction of sp³-hybridized carbons (Fsp3) is 0.381. The minimum atomic E-state index is -4.72. The zero-order valence-corrected chi connectivity index (χ0v) is 17.7. The molecule has 1 fully saturated rings. The van der Waals surface area contributed by atoms with Crippen LogP contribution in [0.25, 0.3) is 0 Å². The Hall–Kier alpha value is -2.95. The number of hydrogen-bond donors (Lipinski definition) is 1.